The zero-order valence-corrected chi connectivity index (χ0v) is 21.9. The van der Waals surface area contributed by atoms with Crippen molar-refractivity contribution in [1.29, 1.82) is 0 Å². The fourth-order valence-corrected chi connectivity index (χ4v) is 5.51. The zero-order chi connectivity index (χ0) is 26.8. The van der Waals surface area contributed by atoms with E-state index in [1.165, 1.54) is 32.8 Å². The van der Waals surface area contributed by atoms with Gasteiger partial charge in [-0.1, -0.05) is 12.1 Å². The first kappa shape index (κ1) is 26.8. The molecule has 2 atom stereocenters. The zero-order valence-electron chi connectivity index (χ0n) is 21.1. The Balaban J connectivity index is 2.10. The molecular formula is C24H31N5O7S. The van der Waals surface area contributed by atoms with E-state index in [4.69, 9.17) is 24.1 Å². The molecule has 200 valence electrons. The fourth-order valence-electron chi connectivity index (χ4n) is 4.71. The molecule has 2 unspecified atom stereocenters. The summed E-state index contributed by atoms with van der Waals surface area (Å²) in [5, 5.41) is 25.3. The van der Waals surface area contributed by atoms with Crippen LogP contribution < -0.4 is 19.3 Å². The number of para-hydroxylation sites is 1. The molecule has 37 heavy (non-hydrogen) atoms. The van der Waals surface area contributed by atoms with Gasteiger partial charge in [0.15, 0.2) is 11.6 Å². The molecule has 3 aromatic rings. The highest BCUT2D eigenvalue weighted by Crippen LogP contribution is 2.44. The van der Waals surface area contributed by atoms with E-state index in [-0.39, 0.29) is 11.6 Å². The minimum atomic E-state index is -4.22. The van der Waals surface area contributed by atoms with Gasteiger partial charge in [0, 0.05) is 25.2 Å². The van der Waals surface area contributed by atoms with Crippen LogP contribution >= 0.6 is 0 Å². The third-order valence-electron chi connectivity index (χ3n) is 6.76. The van der Waals surface area contributed by atoms with E-state index >= 15 is 0 Å². The van der Waals surface area contributed by atoms with E-state index in [9.17, 15) is 13.5 Å². The van der Waals surface area contributed by atoms with E-state index in [2.05, 4.69) is 15.2 Å². The van der Waals surface area contributed by atoms with Crippen LogP contribution in [0.1, 0.15) is 25.6 Å². The lowest BCUT2D eigenvalue weighted by Crippen LogP contribution is -2.53. The third-order valence-corrected chi connectivity index (χ3v) is 8.11. The molecule has 13 heteroatoms. The SMILES string of the molecule is COc1cccc(-c2nnc(C(O)(C3CCOCC3)C(C)S(N)(=O)=O)n2-c2c(OC)cccc2OC)n1. The molecule has 0 radical (unpaired) electrons. The quantitative estimate of drug-likeness (QED) is 0.414. The van der Waals surface area contributed by atoms with Crippen LogP contribution in [0.5, 0.6) is 17.4 Å². The Labute approximate surface area is 215 Å². The van der Waals surface area contributed by atoms with Crippen molar-refractivity contribution in [3.8, 4) is 34.6 Å². The number of aliphatic hydroxyl groups is 1. The molecule has 0 spiro atoms. The molecule has 1 saturated heterocycles. The van der Waals surface area contributed by atoms with Gasteiger partial charge >= 0.3 is 0 Å². The minimum Gasteiger partial charge on any atom is -0.494 e. The predicted molar refractivity (Wildman–Crippen MR) is 134 cm³/mol. The summed E-state index contributed by atoms with van der Waals surface area (Å²) in [6, 6.07) is 10.3. The maximum Gasteiger partial charge on any atom is 0.215 e. The van der Waals surface area contributed by atoms with Crippen molar-refractivity contribution in [2.45, 2.75) is 30.6 Å². The third kappa shape index (κ3) is 4.87. The Morgan fingerprint density at radius 2 is 1.68 bits per heavy atom. The number of hydrogen-bond donors (Lipinski definition) is 2. The van der Waals surface area contributed by atoms with Crippen molar-refractivity contribution in [1.82, 2.24) is 19.7 Å². The van der Waals surface area contributed by atoms with Crippen molar-refractivity contribution in [2.75, 3.05) is 34.5 Å². The van der Waals surface area contributed by atoms with E-state index in [0.29, 0.717) is 54.8 Å². The molecule has 1 aliphatic heterocycles. The van der Waals surface area contributed by atoms with E-state index in [0.717, 1.165) is 0 Å². The van der Waals surface area contributed by atoms with E-state index in [1.807, 2.05) is 0 Å². The number of primary sulfonamides is 1. The second-order valence-electron chi connectivity index (χ2n) is 8.70. The van der Waals surface area contributed by atoms with Gasteiger partial charge in [0.1, 0.15) is 33.7 Å². The number of pyridine rings is 1. The summed E-state index contributed by atoms with van der Waals surface area (Å²) in [6.45, 7) is 2.06. The van der Waals surface area contributed by atoms with E-state index in [1.54, 1.807) is 36.4 Å². The highest BCUT2D eigenvalue weighted by molar-refractivity contribution is 7.89. The first-order valence-electron chi connectivity index (χ1n) is 11.7. The Morgan fingerprint density at radius 1 is 1.05 bits per heavy atom. The monoisotopic (exact) mass is 533 g/mol. The Hall–Kier alpha value is -3.26. The van der Waals surface area contributed by atoms with Crippen LogP contribution in [-0.4, -0.2) is 73.1 Å². The smallest absolute Gasteiger partial charge is 0.215 e. The fraction of sp³-hybridized carbons (Fsp3) is 0.458. The average molecular weight is 534 g/mol. The van der Waals surface area contributed by atoms with Gasteiger partial charge in [-0.15, -0.1) is 10.2 Å². The van der Waals surface area contributed by atoms with Gasteiger partial charge in [-0.25, -0.2) is 18.5 Å². The van der Waals surface area contributed by atoms with Gasteiger partial charge in [-0.2, -0.15) is 0 Å². The summed E-state index contributed by atoms with van der Waals surface area (Å²) in [5.41, 5.74) is -1.32. The number of hydrogen-bond acceptors (Lipinski definition) is 10. The first-order valence-corrected chi connectivity index (χ1v) is 13.3. The predicted octanol–water partition coefficient (Wildman–Crippen LogP) is 1.65. The Morgan fingerprint density at radius 3 is 2.24 bits per heavy atom. The van der Waals surface area contributed by atoms with Crippen LogP contribution in [-0.2, 0) is 20.4 Å². The van der Waals surface area contributed by atoms with Gasteiger partial charge in [-0.3, -0.25) is 4.57 Å². The standard InChI is InChI=1S/C24H31N5O7S/c1-15(37(25,31)32)24(30,16-11-13-36-14-12-16)23-28-27-22(17-7-5-10-20(26-17)35-4)29(23)21-18(33-2)8-6-9-19(21)34-3/h5-10,15-16,30H,11-14H2,1-4H3,(H2,25,31,32). The van der Waals surface area contributed by atoms with Crippen LogP contribution in [0.15, 0.2) is 36.4 Å². The number of sulfonamides is 1. The summed E-state index contributed by atoms with van der Waals surface area (Å²) in [6.07, 6.45) is 0.776. The summed E-state index contributed by atoms with van der Waals surface area (Å²) < 4.78 is 49.0. The number of ether oxygens (including phenoxy) is 4. The molecule has 2 aromatic heterocycles. The number of methoxy groups -OCH3 is 3. The molecule has 3 heterocycles. The number of nitrogens with zero attached hydrogens (tertiary/aromatic N) is 4. The molecule has 3 N–H and O–H groups in total. The molecule has 1 fully saturated rings. The second kappa shape index (κ2) is 10.6. The first-order chi connectivity index (χ1) is 17.7. The van der Waals surface area contributed by atoms with Gasteiger partial charge in [0.05, 0.1) is 21.3 Å². The lowest BCUT2D eigenvalue weighted by atomic mass is 9.78. The normalized spacial score (nSPS) is 17.1. The lowest BCUT2D eigenvalue weighted by Gasteiger charge is -2.40. The average Bonchev–Trinajstić information content (AvgIpc) is 3.37. The van der Waals surface area contributed by atoms with Crippen LogP contribution in [0.2, 0.25) is 0 Å². The highest BCUT2D eigenvalue weighted by atomic mass is 32.2. The molecule has 1 aromatic carbocycles. The maximum absolute atomic E-state index is 12.7. The number of benzene rings is 1. The van der Waals surface area contributed by atoms with Crippen molar-refractivity contribution in [3.05, 3.63) is 42.2 Å². The molecule has 0 saturated carbocycles. The molecule has 0 amide bonds. The van der Waals surface area contributed by atoms with Crippen molar-refractivity contribution in [3.63, 3.8) is 0 Å². The Bertz CT molecular complexity index is 1340. The highest BCUT2D eigenvalue weighted by Gasteiger charge is 2.52. The second-order valence-corrected chi connectivity index (χ2v) is 10.6. The summed E-state index contributed by atoms with van der Waals surface area (Å²) in [5.74, 6) is 0.707. The largest absolute Gasteiger partial charge is 0.494 e. The lowest BCUT2D eigenvalue weighted by molar-refractivity contribution is -0.0770. The molecule has 1 aliphatic rings. The molecular weight excluding hydrogens is 502 g/mol. The number of nitrogens with two attached hydrogens (primary N) is 1. The van der Waals surface area contributed by atoms with Crippen LogP contribution in [0.4, 0.5) is 0 Å². The maximum atomic E-state index is 12.7. The van der Waals surface area contributed by atoms with Gasteiger partial charge in [0.2, 0.25) is 15.9 Å². The van der Waals surface area contributed by atoms with Crippen molar-refractivity contribution < 1.29 is 32.5 Å². The van der Waals surface area contributed by atoms with Crippen molar-refractivity contribution in [2.24, 2.45) is 11.1 Å². The Kier molecular flexibility index (Phi) is 7.69. The number of aromatic nitrogens is 4. The van der Waals surface area contributed by atoms with Crippen LogP contribution in [0.25, 0.3) is 17.2 Å². The molecule has 0 bridgehead atoms. The van der Waals surface area contributed by atoms with Gasteiger partial charge in [0.25, 0.3) is 0 Å². The molecule has 4 rings (SSSR count). The van der Waals surface area contributed by atoms with E-state index < -0.39 is 26.8 Å². The molecule has 0 aliphatic carbocycles. The summed E-state index contributed by atoms with van der Waals surface area (Å²) in [7, 11) is 0.244. The van der Waals surface area contributed by atoms with Gasteiger partial charge in [-0.05, 0) is 38.0 Å². The van der Waals surface area contributed by atoms with Crippen LogP contribution in [0, 0.1) is 5.92 Å². The molecule has 12 nitrogen and oxygen atoms in total. The van der Waals surface area contributed by atoms with Crippen LogP contribution in [0.3, 0.4) is 0 Å². The summed E-state index contributed by atoms with van der Waals surface area (Å²) in [4.78, 5) is 4.49. The van der Waals surface area contributed by atoms with Gasteiger partial charge < -0.3 is 24.1 Å². The summed E-state index contributed by atoms with van der Waals surface area (Å²) >= 11 is 0. The van der Waals surface area contributed by atoms with Crippen molar-refractivity contribution >= 4 is 10.0 Å². The number of rotatable bonds is 9. The minimum absolute atomic E-state index is 0.0386. The topological polar surface area (TPSA) is 161 Å².